The highest BCUT2D eigenvalue weighted by atomic mass is 127. The first-order chi connectivity index (χ1) is 13.2. The van der Waals surface area contributed by atoms with Crippen LogP contribution in [0.1, 0.15) is 31.9 Å². The van der Waals surface area contributed by atoms with E-state index in [0.29, 0.717) is 18.9 Å². The van der Waals surface area contributed by atoms with Gasteiger partial charge in [0, 0.05) is 44.7 Å². The third kappa shape index (κ3) is 5.80. The Labute approximate surface area is 184 Å². The maximum Gasteiger partial charge on any atom is 0.220 e. The first kappa shape index (κ1) is 22.4. The fraction of sp³-hybridized carbons (Fsp3) is 0.476. The molecule has 0 radical (unpaired) electrons. The Balaban J connectivity index is 0.00000280. The lowest BCUT2D eigenvalue weighted by Crippen LogP contribution is -2.46. The number of rotatable bonds is 5. The van der Waals surface area contributed by atoms with Gasteiger partial charge in [0.1, 0.15) is 0 Å². The van der Waals surface area contributed by atoms with Gasteiger partial charge >= 0.3 is 0 Å². The van der Waals surface area contributed by atoms with E-state index in [-0.39, 0.29) is 29.9 Å². The van der Waals surface area contributed by atoms with Crippen LogP contribution >= 0.6 is 24.0 Å². The van der Waals surface area contributed by atoms with Crippen molar-refractivity contribution in [2.24, 2.45) is 10.9 Å². The lowest BCUT2D eigenvalue weighted by atomic mass is 9.93. The largest absolute Gasteiger partial charge is 0.359 e. The summed E-state index contributed by atoms with van der Waals surface area (Å²) in [5, 5.41) is 8.48. The zero-order valence-corrected chi connectivity index (χ0v) is 19.0. The average molecular weight is 495 g/mol. The molecule has 0 atom stereocenters. The normalized spacial score (nSPS) is 15.2. The van der Waals surface area contributed by atoms with E-state index < -0.39 is 0 Å². The second-order valence-electron chi connectivity index (χ2n) is 6.96. The maximum atomic E-state index is 11.6. The van der Waals surface area contributed by atoms with Gasteiger partial charge in [-0.15, -0.1) is 24.0 Å². The number of hydrogen-bond donors (Lipinski definition) is 2. The van der Waals surface area contributed by atoms with Gasteiger partial charge in [-0.05, 0) is 37.1 Å². The first-order valence-electron chi connectivity index (χ1n) is 9.77. The summed E-state index contributed by atoms with van der Waals surface area (Å²) in [4.78, 5) is 23.3. The number of aliphatic imine (C=N–C) groups is 1. The van der Waals surface area contributed by atoms with Gasteiger partial charge in [0.15, 0.2) is 5.96 Å². The van der Waals surface area contributed by atoms with Crippen LogP contribution in [-0.2, 0) is 11.3 Å². The molecule has 2 N–H and O–H groups in total. The summed E-state index contributed by atoms with van der Waals surface area (Å²) in [6.45, 7) is 5.33. The summed E-state index contributed by atoms with van der Waals surface area (Å²) >= 11 is 0. The molecule has 6 nitrogen and oxygen atoms in total. The van der Waals surface area contributed by atoms with Crippen molar-refractivity contribution in [3.63, 3.8) is 0 Å². The molecule has 3 rings (SSSR count). The molecule has 7 heteroatoms. The minimum atomic E-state index is 0. The molecule has 2 heterocycles. The Kier molecular flexibility index (Phi) is 8.95. The van der Waals surface area contributed by atoms with E-state index in [1.54, 1.807) is 7.05 Å². The molecule has 1 aromatic heterocycles. The van der Waals surface area contributed by atoms with E-state index in [2.05, 4.69) is 39.6 Å². The fourth-order valence-electron chi connectivity index (χ4n) is 3.60. The highest BCUT2D eigenvalue weighted by Crippen LogP contribution is 2.21. The van der Waals surface area contributed by atoms with Crippen LogP contribution in [0.2, 0.25) is 0 Å². The monoisotopic (exact) mass is 495 g/mol. The van der Waals surface area contributed by atoms with Crippen LogP contribution in [0.15, 0.2) is 41.5 Å². The molecule has 1 fully saturated rings. The number of aromatic nitrogens is 1. The highest BCUT2D eigenvalue weighted by Gasteiger charge is 2.23. The molecule has 1 aliphatic rings. The summed E-state index contributed by atoms with van der Waals surface area (Å²) in [5.74, 6) is 1.53. The molecule has 28 heavy (non-hydrogen) atoms. The number of nitrogens with one attached hydrogen (secondary N) is 2. The number of likely N-dealkylation sites (tertiary alicyclic amines) is 1. The molecule has 0 spiro atoms. The standard InChI is InChI=1S/C21H29N5O.HI/c1-3-23-21(26-12-9-16(10-13-26)14-20(27)22-2)25-15-19-18-7-5-4-6-17(18)8-11-24-19;/h4-8,11,16H,3,9-10,12-15H2,1-2H3,(H,22,27)(H,23,25);1H. The average Bonchev–Trinajstić information content (AvgIpc) is 2.71. The van der Waals surface area contributed by atoms with Gasteiger partial charge in [0.25, 0.3) is 0 Å². The van der Waals surface area contributed by atoms with Crippen molar-refractivity contribution in [3.05, 3.63) is 42.2 Å². The molecule has 1 aliphatic heterocycles. The van der Waals surface area contributed by atoms with Crippen LogP contribution in [0.25, 0.3) is 10.8 Å². The van der Waals surface area contributed by atoms with E-state index in [1.807, 2.05) is 24.4 Å². The number of amides is 1. The van der Waals surface area contributed by atoms with Crippen molar-refractivity contribution in [2.45, 2.75) is 32.7 Å². The first-order valence-corrected chi connectivity index (χ1v) is 9.77. The lowest BCUT2D eigenvalue weighted by Gasteiger charge is -2.34. The van der Waals surface area contributed by atoms with Gasteiger partial charge in [0.05, 0.1) is 12.2 Å². The Bertz CT molecular complexity index is 797. The van der Waals surface area contributed by atoms with Crippen LogP contribution in [0.4, 0.5) is 0 Å². The fourth-order valence-corrected chi connectivity index (χ4v) is 3.60. The van der Waals surface area contributed by atoms with Crippen LogP contribution in [0.5, 0.6) is 0 Å². The molecule has 1 amide bonds. The van der Waals surface area contributed by atoms with Gasteiger partial charge in [-0.1, -0.05) is 24.3 Å². The van der Waals surface area contributed by atoms with Crippen molar-refractivity contribution >= 4 is 46.6 Å². The Morgan fingerprint density at radius 1 is 1.25 bits per heavy atom. The molecule has 0 bridgehead atoms. The lowest BCUT2D eigenvalue weighted by molar-refractivity contribution is -0.121. The van der Waals surface area contributed by atoms with Crippen molar-refractivity contribution in [3.8, 4) is 0 Å². The number of fused-ring (bicyclic) bond motifs is 1. The highest BCUT2D eigenvalue weighted by molar-refractivity contribution is 14.0. The Morgan fingerprint density at radius 3 is 2.71 bits per heavy atom. The van der Waals surface area contributed by atoms with Gasteiger partial charge in [-0.2, -0.15) is 0 Å². The molecular weight excluding hydrogens is 465 g/mol. The van der Waals surface area contributed by atoms with Crippen molar-refractivity contribution in [2.75, 3.05) is 26.7 Å². The maximum absolute atomic E-state index is 11.6. The zero-order valence-electron chi connectivity index (χ0n) is 16.6. The quantitative estimate of drug-likeness (QED) is 0.380. The number of hydrogen-bond acceptors (Lipinski definition) is 3. The summed E-state index contributed by atoms with van der Waals surface area (Å²) < 4.78 is 0. The van der Waals surface area contributed by atoms with Crippen LogP contribution in [-0.4, -0.2) is 48.4 Å². The van der Waals surface area contributed by atoms with E-state index >= 15 is 0 Å². The predicted molar refractivity (Wildman–Crippen MR) is 125 cm³/mol. The van der Waals surface area contributed by atoms with E-state index in [9.17, 15) is 4.79 Å². The van der Waals surface area contributed by atoms with Gasteiger partial charge in [0.2, 0.25) is 5.91 Å². The van der Waals surface area contributed by atoms with Crippen LogP contribution in [0, 0.1) is 5.92 Å². The van der Waals surface area contributed by atoms with Crippen molar-refractivity contribution in [1.29, 1.82) is 0 Å². The number of carbonyl (C=O) groups is 1. The van der Waals surface area contributed by atoms with Crippen LogP contribution in [0.3, 0.4) is 0 Å². The SMILES string of the molecule is CCNC(=NCc1nccc2ccccc12)N1CCC(CC(=O)NC)CC1.I. The molecular formula is C21H30IN5O. The van der Waals surface area contributed by atoms with E-state index in [1.165, 1.54) is 5.39 Å². The summed E-state index contributed by atoms with van der Waals surface area (Å²) in [5.41, 5.74) is 0.998. The van der Waals surface area contributed by atoms with Crippen LogP contribution < -0.4 is 10.6 Å². The number of pyridine rings is 1. The minimum Gasteiger partial charge on any atom is -0.359 e. The number of piperidine rings is 1. The Morgan fingerprint density at radius 2 is 2.00 bits per heavy atom. The third-order valence-corrected chi connectivity index (χ3v) is 5.14. The molecule has 1 aromatic carbocycles. The molecule has 0 aliphatic carbocycles. The third-order valence-electron chi connectivity index (χ3n) is 5.14. The second-order valence-corrected chi connectivity index (χ2v) is 6.96. The Hall–Kier alpha value is -1.90. The van der Waals surface area contributed by atoms with Crippen molar-refractivity contribution < 1.29 is 4.79 Å². The number of nitrogens with zero attached hydrogens (tertiary/aromatic N) is 3. The van der Waals surface area contributed by atoms with E-state index in [0.717, 1.165) is 49.5 Å². The minimum absolute atomic E-state index is 0. The molecule has 0 unspecified atom stereocenters. The molecule has 152 valence electrons. The molecule has 1 saturated heterocycles. The van der Waals surface area contributed by atoms with Gasteiger partial charge in [-0.3, -0.25) is 9.78 Å². The summed E-state index contributed by atoms with van der Waals surface area (Å²) in [7, 11) is 1.70. The number of benzene rings is 1. The summed E-state index contributed by atoms with van der Waals surface area (Å²) in [6.07, 6.45) is 4.51. The molecule has 2 aromatic rings. The predicted octanol–water partition coefficient (Wildman–Crippen LogP) is 3.17. The van der Waals surface area contributed by atoms with Crippen molar-refractivity contribution in [1.82, 2.24) is 20.5 Å². The van der Waals surface area contributed by atoms with Gasteiger partial charge in [-0.25, -0.2) is 4.99 Å². The van der Waals surface area contributed by atoms with E-state index in [4.69, 9.17) is 4.99 Å². The second kappa shape index (κ2) is 11.2. The zero-order chi connectivity index (χ0) is 19.1. The number of guanidine groups is 1. The topological polar surface area (TPSA) is 69.6 Å². The molecule has 0 saturated carbocycles. The summed E-state index contributed by atoms with van der Waals surface area (Å²) in [6, 6.07) is 10.3. The smallest absolute Gasteiger partial charge is 0.220 e. The van der Waals surface area contributed by atoms with Gasteiger partial charge < -0.3 is 15.5 Å². The number of halogens is 1. The number of carbonyl (C=O) groups excluding carboxylic acids is 1.